The summed E-state index contributed by atoms with van der Waals surface area (Å²) in [6.45, 7) is 1.83. The third-order valence-electron chi connectivity index (χ3n) is 2.58. The number of anilines is 1. The Bertz CT molecular complexity index is 436. The summed E-state index contributed by atoms with van der Waals surface area (Å²) in [5, 5.41) is 2.51. The van der Waals surface area contributed by atoms with Crippen molar-refractivity contribution in [2.24, 2.45) is 0 Å². The van der Waals surface area contributed by atoms with Crippen molar-refractivity contribution >= 4 is 19.4 Å². The monoisotopic (exact) mass is 219 g/mol. The summed E-state index contributed by atoms with van der Waals surface area (Å²) in [6.07, 6.45) is 0.0909. The molecule has 0 aliphatic carbocycles. The number of carbonyl (C=O) groups excluding carboxylic acids is 1. The van der Waals surface area contributed by atoms with Gasteiger partial charge in [-0.2, -0.15) is 0 Å². The predicted octanol–water partition coefficient (Wildman–Crippen LogP) is 1.60. The van der Waals surface area contributed by atoms with Crippen molar-refractivity contribution in [3.63, 3.8) is 0 Å². The van der Waals surface area contributed by atoms with E-state index in [1.54, 1.807) is 12.1 Å². The Morgan fingerprint density at radius 1 is 1.56 bits per heavy atom. The third-order valence-corrected chi connectivity index (χ3v) is 2.58. The van der Waals surface area contributed by atoms with E-state index < -0.39 is 11.9 Å². The van der Waals surface area contributed by atoms with Gasteiger partial charge in [-0.15, -0.1) is 0 Å². The van der Waals surface area contributed by atoms with Crippen molar-refractivity contribution < 1.29 is 13.9 Å². The molecule has 1 amide bonds. The van der Waals surface area contributed by atoms with Gasteiger partial charge in [0.05, 0.1) is 7.85 Å². The number of rotatable bonds is 2. The molecule has 1 unspecified atom stereocenters. The molecule has 5 heteroatoms. The van der Waals surface area contributed by atoms with Gasteiger partial charge < -0.3 is 10.1 Å². The van der Waals surface area contributed by atoms with Gasteiger partial charge in [-0.05, 0) is 18.1 Å². The van der Waals surface area contributed by atoms with Crippen LogP contribution < -0.4 is 10.1 Å². The minimum Gasteiger partial charge on any atom is -0.478 e. The summed E-state index contributed by atoms with van der Waals surface area (Å²) >= 11 is 0. The lowest BCUT2D eigenvalue weighted by Crippen LogP contribution is -2.36. The third kappa shape index (κ3) is 1.66. The molecule has 0 saturated heterocycles. The number of carbonyl (C=O) groups is 1. The maximum atomic E-state index is 13.8. The fourth-order valence-corrected chi connectivity index (χ4v) is 1.65. The zero-order valence-electron chi connectivity index (χ0n) is 8.92. The quantitative estimate of drug-likeness (QED) is 0.767. The van der Waals surface area contributed by atoms with Gasteiger partial charge in [0.15, 0.2) is 11.9 Å². The fourth-order valence-electron chi connectivity index (χ4n) is 1.65. The molecule has 82 valence electrons. The van der Waals surface area contributed by atoms with Crippen LogP contribution in [0.1, 0.15) is 18.9 Å². The Kier molecular flexibility index (Phi) is 2.85. The van der Waals surface area contributed by atoms with Crippen molar-refractivity contribution in [1.82, 2.24) is 0 Å². The Labute approximate surface area is 94.4 Å². The van der Waals surface area contributed by atoms with Crippen LogP contribution in [0.4, 0.5) is 10.1 Å². The number of fused-ring (bicyclic) bond motifs is 1. The Morgan fingerprint density at radius 2 is 2.31 bits per heavy atom. The zero-order chi connectivity index (χ0) is 11.7. The van der Waals surface area contributed by atoms with Gasteiger partial charge in [-0.3, -0.25) is 4.79 Å². The van der Waals surface area contributed by atoms with E-state index in [9.17, 15) is 9.18 Å². The second-order valence-electron chi connectivity index (χ2n) is 3.62. The number of benzene rings is 1. The van der Waals surface area contributed by atoms with Crippen LogP contribution in [0, 0.1) is 5.82 Å². The molecule has 1 atom stereocenters. The van der Waals surface area contributed by atoms with E-state index in [1.165, 1.54) is 0 Å². The van der Waals surface area contributed by atoms with E-state index in [1.807, 2.05) is 6.92 Å². The van der Waals surface area contributed by atoms with Gasteiger partial charge in [0.2, 0.25) is 0 Å². The van der Waals surface area contributed by atoms with Crippen molar-refractivity contribution in [2.45, 2.75) is 25.8 Å². The topological polar surface area (TPSA) is 38.3 Å². The summed E-state index contributed by atoms with van der Waals surface area (Å²) < 4.78 is 19.2. The first kappa shape index (κ1) is 11.0. The molecule has 16 heavy (non-hydrogen) atoms. The number of nitrogens with one attached hydrogen (secondary N) is 1. The van der Waals surface area contributed by atoms with Gasteiger partial charge in [0, 0.05) is 0 Å². The van der Waals surface area contributed by atoms with Gasteiger partial charge in [-0.1, -0.05) is 19.3 Å². The molecule has 1 aromatic carbocycles. The van der Waals surface area contributed by atoms with Gasteiger partial charge in [0.25, 0.3) is 5.91 Å². The normalized spacial score (nSPS) is 18.6. The van der Waals surface area contributed by atoms with E-state index in [4.69, 9.17) is 12.6 Å². The Balaban J connectivity index is 2.43. The molecular formula is C11H11BFNO2. The summed E-state index contributed by atoms with van der Waals surface area (Å²) in [5.74, 6) is -0.466. The van der Waals surface area contributed by atoms with Gasteiger partial charge in [-0.25, -0.2) is 4.39 Å². The first-order valence-electron chi connectivity index (χ1n) is 5.16. The highest BCUT2D eigenvalue weighted by Crippen LogP contribution is 2.34. The standard InChI is InChI=1S/C11H11BFNO2/c1-2-7-11(15)14-10-8(16-7)4-3-6(5-12)9(10)13/h3-4,7H,2,5H2,1H3,(H,14,15). The minimum atomic E-state index is -0.546. The summed E-state index contributed by atoms with van der Waals surface area (Å²) in [4.78, 5) is 11.5. The lowest BCUT2D eigenvalue weighted by Gasteiger charge is -2.25. The summed E-state index contributed by atoms with van der Waals surface area (Å²) in [6, 6.07) is 3.20. The van der Waals surface area contributed by atoms with Crippen LogP contribution in [-0.4, -0.2) is 19.9 Å². The highest BCUT2D eigenvalue weighted by Gasteiger charge is 2.28. The maximum Gasteiger partial charge on any atom is 0.265 e. The van der Waals surface area contributed by atoms with E-state index in [0.29, 0.717) is 17.7 Å². The molecule has 0 spiro atoms. The molecule has 3 nitrogen and oxygen atoms in total. The average Bonchev–Trinajstić information content (AvgIpc) is 2.30. The largest absolute Gasteiger partial charge is 0.478 e. The highest BCUT2D eigenvalue weighted by molar-refractivity contribution is 6.08. The second kappa shape index (κ2) is 4.16. The molecule has 0 saturated carbocycles. The number of hydrogen-bond donors (Lipinski definition) is 1. The smallest absolute Gasteiger partial charge is 0.265 e. The molecule has 2 rings (SSSR count). The lowest BCUT2D eigenvalue weighted by atomic mass is 9.95. The number of amides is 1. The van der Waals surface area contributed by atoms with Gasteiger partial charge >= 0.3 is 0 Å². The molecule has 0 aromatic heterocycles. The van der Waals surface area contributed by atoms with E-state index in [0.717, 1.165) is 0 Å². The molecule has 1 N–H and O–H groups in total. The predicted molar refractivity (Wildman–Crippen MR) is 59.2 cm³/mol. The van der Waals surface area contributed by atoms with E-state index in [-0.39, 0.29) is 17.9 Å². The minimum absolute atomic E-state index is 0.0895. The molecule has 0 fully saturated rings. The maximum absolute atomic E-state index is 13.8. The second-order valence-corrected chi connectivity index (χ2v) is 3.62. The van der Waals surface area contributed by atoms with E-state index >= 15 is 0 Å². The molecule has 1 heterocycles. The van der Waals surface area contributed by atoms with Crippen molar-refractivity contribution in [3.8, 4) is 5.75 Å². The van der Waals surface area contributed by atoms with Crippen molar-refractivity contribution in [2.75, 3.05) is 5.32 Å². The molecule has 2 radical (unpaired) electrons. The Morgan fingerprint density at radius 3 is 2.94 bits per heavy atom. The first-order valence-corrected chi connectivity index (χ1v) is 5.16. The van der Waals surface area contributed by atoms with E-state index in [2.05, 4.69) is 5.32 Å². The summed E-state index contributed by atoms with van der Waals surface area (Å²) in [5.41, 5.74) is 0.454. The molecular weight excluding hydrogens is 208 g/mol. The fraction of sp³-hybridized carbons (Fsp3) is 0.364. The molecule has 1 aliphatic heterocycles. The van der Waals surface area contributed by atoms with Crippen LogP contribution in [0.15, 0.2) is 12.1 Å². The van der Waals surface area contributed by atoms with Crippen LogP contribution >= 0.6 is 0 Å². The molecule has 1 aromatic rings. The van der Waals surface area contributed by atoms with Crippen molar-refractivity contribution in [1.29, 1.82) is 0 Å². The Hall–Kier alpha value is -1.52. The highest BCUT2D eigenvalue weighted by atomic mass is 19.1. The van der Waals surface area contributed by atoms with Crippen LogP contribution in [0.25, 0.3) is 0 Å². The lowest BCUT2D eigenvalue weighted by molar-refractivity contribution is -0.123. The SMILES string of the molecule is [B]Cc1ccc2c(c1F)NC(=O)C(CC)O2. The first-order chi connectivity index (χ1) is 7.67. The molecule has 0 bridgehead atoms. The zero-order valence-corrected chi connectivity index (χ0v) is 8.92. The number of hydrogen-bond acceptors (Lipinski definition) is 2. The van der Waals surface area contributed by atoms with Crippen LogP contribution in [-0.2, 0) is 11.1 Å². The van der Waals surface area contributed by atoms with Gasteiger partial charge in [0.1, 0.15) is 11.4 Å². The number of halogens is 1. The average molecular weight is 219 g/mol. The van der Waals surface area contributed by atoms with Crippen LogP contribution in [0.5, 0.6) is 5.75 Å². The van der Waals surface area contributed by atoms with Crippen LogP contribution in [0.2, 0.25) is 0 Å². The molecule has 1 aliphatic rings. The number of ether oxygens (including phenoxy) is 1. The van der Waals surface area contributed by atoms with Crippen LogP contribution in [0.3, 0.4) is 0 Å². The van der Waals surface area contributed by atoms with Crippen molar-refractivity contribution in [3.05, 3.63) is 23.5 Å². The summed E-state index contributed by atoms with van der Waals surface area (Å²) in [7, 11) is 5.38.